The van der Waals surface area contributed by atoms with Gasteiger partial charge in [0.05, 0.1) is 25.0 Å². The van der Waals surface area contributed by atoms with Gasteiger partial charge in [0.2, 0.25) is 11.8 Å². The van der Waals surface area contributed by atoms with Gasteiger partial charge in [-0.05, 0) is 20.8 Å². The van der Waals surface area contributed by atoms with Gasteiger partial charge in [-0.2, -0.15) is 20.2 Å². The molecule has 0 amide bonds. The Morgan fingerprint density at radius 3 is 2.50 bits per heavy atom. The maximum absolute atomic E-state index is 5.45. The average molecular weight is 329 g/mol. The van der Waals surface area contributed by atoms with Crippen molar-refractivity contribution < 1.29 is 4.74 Å². The Labute approximate surface area is 141 Å². The summed E-state index contributed by atoms with van der Waals surface area (Å²) in [5, 5.41) is 9.47. The molecule has 0 radical (unpaired) electrons. The van der Waals surface area contributed by atoms with E-state index in [1.807, 2.05) is 36.1 Å². The minimum Gasteiger partial charge on any atom is -0.480 e. The van der Waals surface area contributed by atoms with E-state index >= 15 is 0 Å². The summed E-state index contributed by atoms with van der Waals surface area (Å²) in [4.78, 5) is 11.2. The van der Waals surface area contributed by atoms with Crippen LogP contribution in [-0.2, 0) is 19.1 Å². The number of fused-ring (bicyclic) bond motifs is 1. The van der Waals surface area contributed by atoms with E-state index in [1.165, 1.54) is 0 Å². The number of aryl methyl sites for hydroxylation is 1. The number of nitrogens with zero attached hydrogens (tertiary/aromatic N) is 7. The molecule has 3 aromatic heterocycles. The lowest BCUT2D eigenvalue weighted by molar-refractivity contribution is 0.365. The molecule has 0 aliphatic carbocycles. The van der Waals surface area contributed by atoms with E-state index in [2.05, 4.69) is 36.0 Å². The van der Waals surface area contributed by atoms with Crippen LogP contribution in [0.2, 0.25) is 0 Å². The van der Waals surface area contributed by atoms with Crippen LogP contribution < -0.4 is 9.64 Å². The number of ether oxygens (including phenoxy) is 1. The van der Waals surface area contributed by atoms with Crippen molar-refractivity contribution in [1.29, 1.82) is 0 Å². The summed E-state index contributed by atoms with van der Waals surface area (Å²) in [5.74, 6) is 1.12. The molecule has 3 aromatic rings. The maximum atomic E-state index is 5.45. The zero-order chi connectivity index (χ0) is 17.5. The molecule has 0 aromatic carbocycles. The molecule has 128 valence electrons. The number of methoxy groups -OCH3 is 1. The summed E-state index contributed by atoms with van der Waals surface area (Å²) in [6, 6.07) is 0. The Morgan fingerprint density at radius 2 is 1.92 bits per heavy atom. The molecule has 0 saturated heterocycles. The van der Waals surface area contributed by atoms with Crippen molar-refractivity contribution in [2.45, 2.75) is 32.9 Å². The number of hydrogen-bond acceptors (Lipinski definition) is 6. The summed E-state index contributed by atoms with van der Waals surface area (Å²) < 4.78 is 9.13. The first kappa shape index (κ1) is 16.2. The van der Waals surface area contributed by atoms with Crippen LogP contribution in [0.4, 0.5) is 5.95 Å². The van der Waals surface area contributed by atoms with E-state index in [-0.39, 0.29) is 5.54 Å². The highest BCUT2D eigenvalue weighted by Crippen LogP contribution is 2.28. The normalized spacial score (nSPS) is 11.9. The van der Waals surface area contributed by atoms with Gasteiger partial charge in [-0.3, -0.25) is 4.68 Å². The van der Waals surface area contributed by atoms with E-state index in [1.54, 1.807) is 18.0 Å². The standard InChI is InChI=1S/C16H23N7O/c1-16(2,3)23-13-12(8-18-23)14(24-6)20-15(19-13)21(4)9-11-7-17-22(5)10-11/h7-8,10H,9H2,1-6H3. The van der Waals surface area contributed by atoms with Gasteiger partial charge >= 0.3 is 0 Å². The molecule has 0 atom stereocenters. The van der Waals surface area contributed by atoms with Crippen LogP contribution >= 0.6 is 0 Å². The van der Waals surface area contributed by atoms with Gasteiger partial charge in [-0.15, -0.1) is 0 Å². The molecule has 8 heteroatoms. The zero-order valence-electron chi connectivity index (χ0n) is 15.0. The van der Waals surface area contributed by atoms with E-state index in [4.69, 9.17) is 9.72 Å². The highest BCUT2D eigenvalue weighted by Gasteiger charge is 2.22. The van der Waals surface area contributed by atoms with Crippen molar-refractivity contribution in [3.8, 4) is 5.88 Å². The molecular formula is C16H23N7O. The molecule has 8 nitrogen and oxygen atoms in total. The van der Waals surface area contributed by atoms with Crippen molar-refractivity contribution in [3.05, 3.63) is 24.2 Å². The van der Waals surface area contributed by atoms with Gasteiger partial charge in [0.15, 0.2) is 5.65 Å². The molecule has 24 heavy (non-hydrogen) atoms. The van der Waals surface area contributed by atoms with Crippen LogP contribution in [0.25, 0.3) is 11.0 Å². The van der Waals surface area contributed by atoms with E-state index in [0.29, 0.717) is 18.4 Å². The van der Waals surface area contributed by atoms with E-state index in [9.17, 15) is 0 Å². The van der Waals surface area contributed by atoms with Crippen LogP contribution in [0, 0.1) is 0 Å². The number of rotatable bonds is 4. The summed E-state index contributed by atoms with van der Waals surface area (Å²) in [5.41, 5.74) is 1.68. The second-order valence-corrected chi connectivity index (χ2v) is 6.88. The van der Waals surface area contributed by atoms with Gasteiger partial charge in [0.25, 0.3) is 0 Å². The average Bonchev–Trinajstić information content (AvgIpc) is 3.11. The first-order valence-corrected chi connectivity index (χ1v) is 7.78. The summed E-state index contributed by atoms with van der Waals surface area (Å²) >= 11 is 0. The number of aromatic nitrogens is 6. The monoisotopic (exact) mass is 329 g/mol. The van der Waals surface area contributed by atoms with Gasteiger partial charge in [0.1, 0.15) is 5.39 Å². The molecule has 3 heterocycles. The highest BCUT2D eigenvalue weighted by molar-refractivity contribution is 5.81. The third kappa shape index (κ3) is 2.91. The van der Waals surface area contributed by atoms with Crippen LogP contribution in [0.3, 0.4) is 0 Å². The van der Waals surface area contributed by atoms with Gasteiger partial charge in [-0.25, -0.2) is 4.68 Å². The summed E-state index contributed by atoms with van der Waals surface area (Å²) in [6.45, 7) is 6.93. The molecular weight excluding hydrogens is 306 g/mol. The van der Waals surface area contributed by atoms with Crippen molar-refractivity contribution >= 4 is 17.0 Å². The van der Waals surface area contributed by atoms with Crippen molar-refractivity contribution in [3.63, 3.8) is 0 Å². The summed E-state index contributed by atoms with van der Waals surface area (Å²) in [7, 11) is 5.46. The minimum atomic E-state index is -0.180. The van der Waals surface area contributed by atoms with Crippen molar-refractivity contribution in [1.82, 2.24) is 29.5 Å². The predicted molar refractivity (Wildman–Crippen MR) is 92.2 cm³/mol. The Morgan fingerprint density at radius 1 is 1.17 bits per heavy atom. The second-order valence-electron chi connectivity index (χ2n) is 6.88. The summed E-state index contributed by atoms with van der Waals surface area (Å²) in [6.07, 6.45) is 5.57. The van der Waals surface area contributed by atoms with Gasteiger partial charge in [0, 0.05) is 32.4 Å². The molecule has 0 saturated carbocycles. The molecule has 0 aliphatic rings. The molecule has 0 N–H and O–H groups in total. The Kier molecular flexibility index (Phi) is 3.90. The fourth-order valence-electron chi connectivity index (χ4n) is 2.59. The predicted octanol–water partition coefficient (Wildman–Crippen LogP) is 1.96. The third-order valence-electron chi connectivity index (χ3n) is 3.73. The largest absolute Gasteiger partial charge is 0.480 e. The molecule has 0 aliphatic heterocycles. The first-order valence-electron chi connectivity index (χ1n) is 7.78. The molecule has 3 rings (SSSR count). The first-order chi connectivity index (χ1) is 11.3. The quantitative estimate of drug-likeness (QED) is 0.728. The zero-order valence-corrected chi connectivity index (χ0v) is 15.0. The maximum Gasteiger partial charge on any atom is 0.230 e. The second kappa shape index (κ2) is 5.77. The van der Waals surface area contributed by atoms with Crippen LogP contribution in [0.15, 0.2) is 18.6 Å². The van der Waals surface area contributed by atoms with Crippen molar-refractivity contribution in [2.24, 2.45) is 7.05 Å². The van der Waals surface area contributed by atoms with Crippen LogP contribution in [0.1, 0.15) is 26.3 Å². The lowest BCUT2D eigenvalue weighted by Crippen LogP contribution is -2.24. The Hall–Kier alpha value is -2.64. The van der Waals surface area contributed by atoms with Crippen molar-refractivity contribution in [2.75, 3.05) is 19.1 Å². The molecule has 0 bridgehead atoms. The van der Waals surface area contributed by atoms with Crippen LogP contribution in [-0.4, -0.2) is 43.7 Å². The number of anilines is 1. The van der Waals surface area contributed by atoms with E-state index in [0.717, 1.165) is 16.6 Å². The molecule has 0 unspecified atom stereocenters. The van der Waals surface area contributed by atoms with Gasteiger partial charge < -0.3 is 9.64 Å². The molecule has 0 fully saturated rings. The Bertz CT molecular complexity index is 859. The third-order valence-corrected chi connectivity index (χ3v) is 3.73. The van der Waals surface area contributed by atoms with E-state index < -0.39 is 0 Å². The minimum absolute atomic E-state index is 0.180. The smallest absolute Gasteiger partial charge is 0.230 e. The topological polar surface area (TPSA) is 73.9 Å². The van der Waals surface area contributed by atoms with Gasteiger partial charge in [-0.1, -0.05) is 0 Å². The number of hydrogen-bond donors (Lipinski definition) is 0. The Balaban J connectivity index is 2.04. The SMILES string of the molecule is COc1nc(N(C)Cc2cnn(C)c2)nc2c1cnn2C(C)(C)C. The fourth-order valence-corrected chi connectivity index (χ4v) is 2.59. The highest BCUT2D eigenvalue weighted by atomic mass is 16.5. The lowest BCUT2D eigenvalue weighted by Gasteiger charge is -2.21. The molecule has 0 spiro atoms. The lowest BCUT2D eigenvalue weighted by atomic mass is 10.1. The fraction of sp³-hybridized carbons (Fsp3) is 0.500. The van der Waals surface area contributed by atoms with Crippen LogP contribution in [0.5, 0.6) is 5.88 Å².